The standard InChI is InChI=1S/C27H28N2O5S/c1-19(30)21-10-16-26(17-11-21)35(32,33)28-18-20-6-8-22(9-7-20)27(31)29-23-12-14-25(15-13-23)34-24-4-2-3-5-24/h6-17,24,28H,2-5,18H2,1H3,(H,29,31). The van der Waals surface area contributed by atoms with Gasteiger partial charge in [-0.25, -0.2) is 13.1 Å². The molecule has 7 nitrogen and oxygen atoms in total. The minimum atomic E-state index is -3.73. The number of benzene rings is 3. The van der Waals surface area contributed by atoms with Gasteiger partial charge in [0.2, 0.25) is 10.0 Å². The van der Waals surface area contributed by atoms with Crippen molar-refractivity contribution in [3.8, 4) is 5.75 Å². The van der Waals surface area contributed by atoms with E-state index in [0.29, 0.717) is 22.4 Å². The summed E-state index contributed by atoms with van der Waals surface area (Å²) in [6, 6.07) is 19.8. The molecule has 0 unspecified atom stereocenters. The highest BCUT2D eigenvalue weighted by atomic mass is 32.2. The molecule has 4 rings (SSSR count). The first-order valence-corrected chi connectivity index (χ1v) is 13.1. The van der Waals surface area contributed by atoms with Gasteiger partial charge in [0.05, 0.1) is 11.0 Å². The monoisotopic (exact) mass is 492 g/mol. The van der Waals surface area contributed by atoms with Crippen molar-refractivity contribution >= 4 is 27.4 Å². The van der Waals surface area contributed by atoms with E-state index in [0.717, 1.165) is 18.6 Å². The Balaban J connectivity index is 1.30. The Kier molecular flexibility index (Phi) is 7.63. The quantitative estimate of drug-likeness (QED) is 0.412. The molecule has 0 heterocycles. The highest BCUT2D eigenvalue weighted by molar-refractivity contribution is 7.89. The number of amides is 1. The van der Waals surface area contributed by atoms with Gasteiger partial charge in [-0.05, 0) is 86.7 Å². The average Bonchev–Trinajstić information content (AvgIpc) is 3.37. The molecule has 0 aromatic heterocycles. The Morgan fingerprint density at radius 3 is 2.06 bits per heavy atom. The SMILES string of the molecule is CC(=O)c1ccc(S(=O)(=O)NCc2ccc(C(=O)Nc3ccc(OC4CCCC4)cc3)cc2)cc1. The number of carbonyl (C=O) groups is 2. The molecule has 0 atom stereocenters. The number of ether oxygens (including phenoxy) is 1. The first-order valence-electron chi connectivity index (χ1n) is 11.6. The number of nitrogens with one attached hydrogen (secondary N) is 2. The summed E-state index contributed by atoms with van der Waals surface area (Å²) in [6.07, 6.45) is 4.87. The topological polar surface area (TPSA) is 102 Å². The van der Waals surface area contributed by atoms with E-state index in [1.807, 2.05) is 24.3 Å². The van der Waals surface area contributed by atoms with Crippen LogP contribution in [0.3, 0.4) is 0 Å². The van der Waals surface area contributed by atoms with Crippen LogP contribution >= 0.6 is 0 Å². The zero-order chi connectivity index (χ0) is 24.8. The number of Topliss-reactive ketones (excluding diaryl/α,β-unsaturated/α-hetero) is 1. The molecule has 2 N–H and O–H groups in total. The predicted octanol–water partition coefficient (Wildman–Crippen LogP) is 4.94. The van der Waals surface area contributed by atoms with Crippen LogP contribution < -0.4 is 14.8 Å². The van der Waals surface area contributed by atoms with Gasteiger partial charge in [0.15, 0.2) is 5.78 Å². The van der Waals surface area contributed by atoms with E-state index in [4.69, 9.17) is 4.74 Å². The molecule has 1 fully saturated rings. The first kappa shape index (κ1) is 24.6. The molecule has 1 aliphatic carbocycles. The fraction of sp³-hybridized carbons (Fsp3) is 0.259. The lowest BCUT2D eigenvalue weighted by Crippen LogP contribution is -2.23. The first-order chi connectivity index (χ1) is 16.8. The van der Waals surface area contributed by atoms with E-state index in [9.17, 15) is 18.0 Å². The van der Waals surface area contributed by atoms with E-state index in [2.05, 4.69) is 10.0 Å². The van der Waals surface area contributed by atoms with Gasteiger partial charge in [-0.1, -0.05) is 24.3 Å². The van der Waals surface area contributed by atoms with Crippen molar-refractivity contribution in [2.24, 2.45) is 0 Å². The molecule has 8 heteroatoms. The van der Waals surface area contributed by atoms with Crippen LogP contribution in [0.2, 0.25) is 0 Å². The summed E-state index contributed by atoms with van der Waals surface area (Å²) in [5, 5.41) is 2.86. The summed E-state index contributed by atoms with van der Waals surface area (Å²) in [7, 11) is -3.73. The van der Waals surface area contributed by atoms with Gasteiger partial charge in [-0.15, -0.1) is 0 Å². The zero-order valence-electron chi connectivity index (χ0n) is 19.5. The van der Waals surface area contributed by atoms with E-state index in [1.54, 1.807) is 24.3 Å². The maximum absolute atomic E-state index is 12.6. The molecular weight excluding hydrogens is 464 g/mol. The molecule has 0 spiro atoms. The van der Waals surface area contributed by atoms with Crippen molar-refractivity contribution in [1.82, 2.24) is 4.72 Å². The number of sulfonamides is 1. The normalized spacial score (nSPS) is 14.0. The van der Waals surface area contributed by atoms with Gasteiger partial charge in [-0.3, -0.25) is 9.59 Å². The van der Waals surface area contributed by atoms with E-state index >= 15 is 0 Å². The number of ketones is 1. The molecule has 1 saturated carbocycles. The van der Waals surface area contributed by atoms with Crippen LogP contribution in [0.15, 0.2) is 77.7 Å². The van der Waals surface area contributed by atoms with Crippen molar-refractivity contribution in [2.75, 3.05) is 5.32 Å². The van der Waals surface area contributed by atoms with Crippen LogP contribution in [0.25, 0.3) is 0 Å². The number of hydrogen-bond donors (Lipinski definition) is 2. The van der Waals surface area contributed by atoms with Crippen molar-refractivity contribution < 1.29 is 22.7 Å². The molecule has 182 valence electrons. The van der Waals surface area contributed by atoms with Crippen molar-refractivity contribution in [3.63, 3.8) is 0 Å². The van der Waals surface area contributed by atoms with Gasteiger partial charge in [-0.2, -0.15) is 0 Å². The van der Waals surface area contributed by atoms with Crippen LogP contribution in [-0.4, -0.2) is 26.2 Å². The van der Waals surface area contributed by atoms with Crippen molar-refractivity contribution in [2.45, 2.75) is 50.2 Å². The summed E-state index contributed by atoms with van der Waals surface area (Å²) in [4.78, 5) is 24.0. The smallest absolute Gasteiger partial charge is 0.255 e. The third-order valence-electron chi connectivity index (χ3n) is 5.97. The van der Waals surface area contributed by atoms with Crippen LogP contribution in [0, 0.1) is 0 Å². The van der Waals surface area contributed by atoms with Crippen molar-refractivity contribution in [1.29, 1.82) is 0 Å². The Morgan fingerprint density at radius 1 is 0.857 bits per heavy atom. The Hall–Kier alpha value is -3.49. The fourth-order valence-electron chi connectivity index (χ4n) is 3.92. The predicted molar refractivity (Wildman–Crippen MR) is 134 cm³/mol. The summed E-state index contributed by atoms with van der Waals surface area (Å²) < 4.78 is 33.5. The summed E-state index contributed by atoms with van der Waals surface area (Å²) in [6.45, 7) is 1.50. The number of rotatable bonds is 9. The van der Waals surface area contributed by atoms with Crippen LogP contribution in [-0.2, 0) is 16.6 Å². The molecule has 0 bridgehead atoms. The highest BCUT2D eigenvalue weighted by Gasteiger charge is 2.17. The van der Waals surface area contributed by atoms with Crippen molar-refractivity contribution in [3.05, 3.63) is 89.5 Å². The van der Waals surface area contributed by atoms with Crippen LogP contribution in [0.4, 0.5) is 5.69 Å². The highest BCUT2D eigenvalue weighted by Crippen LogP contribution is 2.25. The van der Waals surface area contributed by atoms with Gasteiger partial charge in [0.1, 0.15) is 5.75 Å². The molecule has 0 aliphatic heterocycles. The number of anilines is 1. The molecular formula is C27H28N2O5S. The Morgan fingerprint density at radius 2 is 1.46 bits per heavy atom. The molecule has 0 radical (unpaired) electrons. The van der Waals surface area contributed by atoms with Crippen LogP contribution in [0.1, 0.15) is 58.9 Å². The summed E-state index contributed by atoms with van der Waals surface area (Å²) in [5.41, 5.74) is 2.29. The van der Waals surface area contributed by atoms with Crippen LogP contribution in [0.5, 0.6) is 5.75 Å². The second-order valence-electron chi connectivity index (χ2n) is 8.60. The van der Waals surface area contributed by atoms with Gasteiger partial charge >= 0.3 is 0 Å². The van der Waals surface area contributed by atoms with E-state index < -0.39 is 10.0 Å². The maximum Gasteiger partial charge on any atom is 0.255 e. The van der Waals surface area contributed by atoms with Gasteiger partial charge in [0.25, 0.3) is 5.91 Å². The molecule has 1 aliphatic rings. The lowest BCUT2D eigenvalue weighted by atomic mass is 10.1. The molecule has 1 amide bonds. The van der Waals surface area contributed by atoms with E-state index in [-0.39, 0.29) is 29.2 Å². The number of hydrogen-bond acceptors (Lipinski definition) is 5. The lowest BCUT2D eigenvalue weighted by molar-refractivity contribution is 0.101. The number of carbonyl (C=O) groups excluding carboxylic acids is 2. The minimum absolute atomic E-state index is 0.0706. The lowest BCUT2D eigenvalue weighted by Gasteiger charge is -2.13. The molecule has 35 heavy (non-hydrogen) atoms. The Labute approximate surface area is 205 Å². The third-order valence-corrected chi connectivity index (χ3v) is 7.39. The molecule has 3 aromatic carbocycles. The molecule has 3 aromatic rings. The Bertz CT molecular complexity index is 1280. The average molecular weight is 493 g/mol. The largest absolute Gasteiger partial charge is 0.490 e. The third kappa shape index (κ3) is 6.55. The maximum atomic E-state index is 12.6. The minimum Gasteiger partial charge on any atom is -0.490 e. The summed E-state index contributed by atoms with van der Waals surface area (Å²) in [5.74, 6) is 0.417. The van der Waals surface area contributed by atoms with Gasteiger partial charge in [0, 0.05) is 23.4 Å². The fourth-order valence-corrected chi connectivity index (χ4v) is 4.94. The van der Waals surface area contributed by atoms with Gasteiger partial charge < -0.3 is 10.1 Å². The second-order valence-corrected chi connectivity index (χ2v) is 10.4. The summed E-state index contributed by atoms with van der Waals surface area (Å²) >= 11 is 0. The zero-order valence-corrected chi connectivity index (χ0v) is 20.3. The molecule has 0 saturated heterocycles. The van der Waals surface area contributed by atoms with E-state index in [1.165, 1.54) is 44.0 Å². The second kappa shape index (κ2) is 10.8.